The monoisotopic (exact) mass is 317 g/mol. The van der Waals surface area contributed by atoms with Gasteiger partial charge in [0, 0.05) is 30.6 Å². The van der Waals surface area contributed by atoms with Gasteiger partial charge in [-0.05, 0) is 32.8 Å². The lowest BCUT2D eigenvalue weighted by Crippen LogP contribution is -2.42. The summed E-state index contributed by atoms with van der Waals surface area (Å²) in [5, 5.41) is 7.14. The van der Waals surface area contributed by atoms with Crippen molar-refractivity contribution in [2.45, 2.75) is 39.7 Å². The number of carbonyl (C=O) groups excluding carboxylic acids is 1. The first-order valence-electron chi connectivity index (χ1n) is 7.96. The molecule has 2 N–H and O–H groups in total. The molecule has 1 aliphatic heterocycles. The molecule has 1 atom stereocenters. The Kier molecular flexibility index (Phi) is 4.47. The number of nitrogens with zero attached hydrogens (tertiary/aromatic N) is 3. The molecule has 2 aromatic heterocycles. The van der Waals surface area contributed by atoms with Gasteiger partial charge in [0.05, 0.1) is 18.8 Å². The van der Waals surface area contributed by atoms with Gasteiger partial charge < -0.3 is 14.6 Å². The lowest BCUT2D eigenvalue weighted by atomic mass is 10.1. The van der Waals surface area contributed by atoms with Crippen LogP contribution in [0.3, 0.4) is 0 Å². The molecule has 2 aromatic rings. The SMILES string of the molecule is Cc1cnc(C2CN(C(=O)CCc3c(C)n[nH]c3C)CCO2)[nH]1. The highest BCUT2D eigenvalue weighted by molar-refractivity contribution is 5.76. The van der Waals surface area contributed by atoms with Crippen LogP contribution < -0.4 is 0 Å². The summed E-state index contributed by atoms with van der Waals surface area (Å²) in [7, 11) is 0. The third-order valence-electron chi connectivity index (χ3n) is 4.32. The summed E-state index contributed by atoms with van der Waals surface area (Å²) < 4.78 is 5.74. The molecule has 7 nitrogen and oxygen atoms in total. The van der Waals surface area contributed by atoms with E-state index in [2.05, 4.69) is 20.2 Å². The van der Waals surface area contributed by atoms with Crippen LogP contribution in [-0.2, 0) is 16.0 Å². The first-order chi connectivity index (χ1) is 11.0. The van der Waals surface area contributed by atoms with Crippen molar-refractivity contribution in [1.29, 1.82) is 0 Å². The number of amides is 1. The molecule has 0 saturated carbocycles. The fourth-order valence-corrected chi connectivity index (χ4v) is 2.97. The Labute approximate surface area is 135 Å². The smallest absolute Gasteiger partial charge is 0.223 e. The van der Waals surface area contributed by atoms with Crippen LogP contribution in [0.1, 0.15) is 41.0 Å². The van der Waals surface area contributed by atoms with Gasteiger partial charge in [0.15, 0.2) is 0 Å². The molecule has 0 aromatic carbocycles. The van der Waals surface area contributed by atoms with Crippen molar-refractivity contribution in [1.82, 2.24) is 25.1 Å². The Bertz CT molecular complexity index is 671. The molecule has 1 fully saturated rings. The van der Waals surface area contributed by atoms with E-state index in [0.717, 1.165) is 34.9 Å². The van der Waals surface area contributed by atoms with E-state index in [0.29, 0.717) is 26.1 Å². The molecule has 23 heavy (non-hydrogen) atoms. The summed E-state index contributed by atoms with van der Waals surface area (Å²) in [5.74, 6) is 0.947. The summed E-state index contributed by atoms with van der Waals surface area (Å²) in [6.07, 6.45) is 2.82. The maximum atomic E-state index is 12.5. The molecule has 3 heterocycles. The van der Waals surface area contributed by atoms with Gasteiger partial charge >= 0.3 is 0 Å². The molecular formula is C16H23N5O2. The van der Waals surface area contributed by atoms with E-state index in [1.165, 1.54) is 0 Å². The van der Waals surface area contributed by atoms with Crippen LogP contribution in [0.4, 0.5) is 0 Å². The third kappa shape index (κ3) is 3.44. The van der Waals surface area contributed by atoms with Gasteiger partial charge in [-0.1, -0.05) is 0 Å². The Morgan fingerprint density at radius 3 is 2.91 bits per heavy atom. The predicted molar refractivity (Wildman–Crippen MR) is 85.0 cm³/mol. The number of ether oxygens (including phenoxy) is 1. The first-order valence-corrected chi connectivity index (χ1v) is 7.96. The van der Waals surface area contributed by atoms with Crippen molar-refractivity contribution in [2.24, 2.45) is 0 Å². The lowest BCUT2D eigenvalue weighted by molar-refractivity contribution is -0.139. The van der Waals surface area contributed by atoms with Crippen molar-refractivity contribution in [3.63, 3.8) is 0 Å². The molecule has 1 amide bonds. The molecule has 0 bridgehead atoms. The number of aromatic amines is 2. The Morgan fingerprint density at radius 1 is 1.43 bits per heavy atom. The number of carbonyl (C=O) groups is 1. The molecular weight excluding hydrogens is 294 g/mol. The molecule has 1 saturated heterocycles. The van der Waals surface area contributed by atoms with Crippen molar-refractivity contribution < 1.29 is 9.53 Å². The van der Waals surface area contributed by atoms with Crippen LogP contribution in [0, 0.1) is 20.8 Å². The minimum absolute atomic E-state index is 0.154. The van der Waals surface area contributed by atoms with Gasteiger partial charge in [-0.2, -0.15) is 5.10 Å². The van der Waals surface area contributed by atoms with Crippen LogP contribution in [0.25, 0.3) is 0 Å². The van der Waals surface area contributed by atoms with Crippen LogP contribution in [0.5, 0.6) is 0 Å². The van der Waals surface area contributed by atoms with Gasteiger partial charge in [-0.3, -0.25) is 9.89 Å². The lowest BCUT2D eigenvalue weighted by Gasteiger charge is -2.32. The molecule has 7 heteroatoms. The van der Waals surface area contributed by atoms with Crippen LogP contribution in [-0.4, -0.2) is 50.7 Å². The van der Waals surface area contributed by atoms with E-state index in [1.807, 2.05) is 25.7 Å². The standard InChI is InChI=1S/C16H23N5O2/c1-10-8-17-16(18-10)14-9-21(6-7-23-14)15(22)5-4-13-11(2)19-20-12(13)3/h8,14H,4-7,9H2,1-3H3,(H,17,18)(H,19,20). The van der Waals surface area contributed by atoms with Gasteiger partial charge in [-0.25, -0.2) is 4.98 Å². The number of nitrogens with one attached hydrogen (secondary N) is 2. The molecule has 124 valence electrons. The van der Waals surface area contributed by atoms with E-state index >= 15 is 0 Å². The Balaban J connectivity index is 1.59. The highest BCUT2D eigenvalue weighted by Crippen LogP contribution is 2.21. The normalized spacial score (nSPS) is 18.4. The predicted octanol–water partition coefficient (Wildman–Crippen LogP) is 1.59. The third-order valence-corrected chi connectivity index (χ3v) is 4.32. The highest BCUT2D eigenvalue weighted by Gasteiger charge is 2.27. The van der Waals surface area contributed by atoms with Crippen molar-refractivity contribution in [3.8, 4) is 0 Å². The van der Waals surface area contributed by atoms with Crippen LogP contribution >= 0.6 is 0 Å². The van der Waals surface area contributed by atoms with E-state index < -0.39 is 0 Å². The van der Waals surface area contributed by atoms with E-state index in [9.17, 15) is 4.79 Å². The minimum atomic E-state index is -0.168. The molecule has 0 radical (unpaired) electrons. The second-order valence-corrected chi connectivity index (χ2v) is 6.06. The fraction of sp³-hybridized carbons (Fsp3) is 0.562. The number of imidazole rings is 1. The largest absolute Gasteiger partial charge is 0.367 e. The number of H-pyrrole nitrogens is 2. The zero-order chi connectivity index (χ0) is 16.4. The maximum Gasteiger partial charge on any atom is 0.223 e. The minimum Gasteiger partial charge on any atom is -0.367 e. The molecule has 0 aliphatic carbocycles. The summed E-state index contributed by atoms with van der Waals surface area (Å²) in [6, 6.07) is 0. The Morgan fingerprint density at radius 2 is 2.26 bits per heavy atom. The van der Waals surface area contributed by atoms with E-state index in [1.54, 1.807) is 6.20 Å². The fourth-order valence-electron chi connectivity index (χ4n) is 2.97. The number of aromatic nitrogens is 4. The zero-order valence-electron chi connectivity index (χ0n) is 13.8. The summed E-state index contributed by atoms with van der Waals surface area (Å²) in [6.45, 7) is 7.64. The number of hydrogen-bond acceptors (Lipinski definition) is 4. The highest BCUT2D eigenvalue weighted by atomic mass is 16.5. The maximum absolute atomic E-state index is 12.5. The number of morpholine rings is 1. The van der Waals surface area contributed by atoms with Crippen LogP contribution in [0.2, 0.25) is 0 Å². The van der Waals surface area contributed by atoms with E-state index in [4.69, 9.17) is 4.74 Å². The van der Waals surface area contributed by atoms with Gasteiger partial charge in [-0.15, -0.1) is 0 Å². The number of rotatable bonds is 4. The van der Waals surface area contributed by atoms with E-state index in [-0.39, 0.29) is 12.0 Å². The number of aryl methyl sites for hydroxylation is 3. The second-order valence-electron chi connectivity index (χ2n) is 6.06. The molecule has 0 spiro atoms. The van der Waals surface area contributed by atoms with Crippen molar-refractivity contribution in [3.05, 3.63) is 34.7 Å². The summed E-state index contributed by atoms with van der Waals surface area (Å²) in [4.78, 5) is 21.9. The Hall–Kier alpha value is -2.15. The molecule has 3 rings (SSSR count). The zero-order valence-corrected chi connectivity index (χ0v) is 13.8. The van der Waals surface area contributed by atoms with Gasteiger partial charge in [0.2, 0.25) is 5.91 Å². The summed E-state index contributed by atoms with van der Waals surface area (Å²) in [5.41, 5.74) is 4.16. The quantitative estimate of drug-likeness (QED) is 0.896. The molecule has 1 aliphatic rings. The average Bonchev–Trinajstić information content (AvgIpc) is 3.12. The average molecular weight is 317 g/mol. The topological polar surface area (TPSA) is 86.9 Å². The van der Waals surface area contributed by atoms with Gasteiger partial charge in [0.25, 0.3) is 0 Å². The van der Waals surface area contributed by atoms with Crippen molar-refractivity contribution in [2.75, 3.05) is 19.7 Å². The first kappa shape index (κ1) is 15.7. The molecule has 1 unspecified atom stereocenters. The second kappa shape index (κ2) is 6.54. The van der Waals surface area contributed by atoms with Gasteiger partial charge in [0.1, 0.15) is 11.9 Å². The summed E-state index contributed by atoms with van der Waals surface area (Å²) >= 11 is 0. The number of hydrogen-bond donors (Lipinski definition) is 2. The van der Waals surface area contributed by atoms with Crippen molar-refractivity contribution >= 4 is 5.91 Å². The van der Waals surface area contributed by atoms with Crippen LogP contribution in [0.15, 0.2) is 6.20 Å².